The van der Waals surface area contributed by atoms with Crippen LogP contribution in [0.1, 0.15) is 0 Å². The maximum atomic E-state index is 2.38. The lowest BCUT2D eigenvalue weighted by Crippen LogP contribution is -2.10. The zero-order valence-corrected chi connectivity index (χ0v) is 27.4. The highest BCUT2D eigenvalue weighted by Gasteiger charge is 2.17. The minimum absolute atomic E-state index is 1.12. The molecule has 0 bridgehead atoms. The van der Waals surface area contributed by atoms with Crippen molar-refractivity contribution in [3.8, 4) is 16.8 Å². The van der Waals surface area contributed by atoms with Crippen molar-refractivity contribution in [2.45, 2.75) is 0 Å². The van der Waals surface area contributed by atoms with Crippen LogP contribution in [0.15, 0.2) is 182 Å². The van der Waals surface area contributed by atoms with Crippen LogP contribution < -0.4 is 4.90 Å². The molecule has 49 heavy (non-hydrogen) atoms. The molecule has 0 saturated heterocycles. The van der Waals surface area contributed by atoms with E-state index in [2.05, 4.69) is 191 Å². The zero-order chi connectivity index (χ0) is 32.3. The highest BCUT2D eigenvalue weighted by Crippen LogP contribution is 2.41. The van der Waals surface area contributed by atoms with Crippen molar-refractivity contribution in [3.63, 3.8) is 0 Å². The molecule has 230 valence electrons. The number of hydrogen-bond donors (Lipinski definition) is 0. The number of hydrogen-bond acceptors (Lipinski definition) is 2. The number of aromatic nitrogens is 1. The van der Waals surface area contributed by atoms with Crippen molar-refractivity contribution in [1.29, 1.82) is 0 Å². The first-order valence-corrected chi connectivity index (χ1v) is 17.5. The van der Waals surface area contributed by atoms with Crippen LogP contribution in [0, 0.1) is 0 Å². The molecule has 0 atom stereocenters. The van der Waals surface area contributed by atoms with E-state index in [4.69, 9.17) is 0 Å². The molecule has 10 aromatic rings. The minimum Gasteiger partial charge on any atom is -0.310 e. The van der Waals surface area contributed by atoms with E-state index in [1.807, 2.05) is 11.3 Å². The molecule has 10 rings (SSSR count). The zero-order valence-electron chi connectivity index (χ0n) is 26.6. The number of rotatable bonds is 5. The summed E-state index contributed by atoms with van der Waals surface area (Å²) < 4.78 is 5.04. The van der Waals surface area contributed by atoms with Gasteiger partial charge in [0.1, 0.15) is 0 Å². The fraction of sp³-hybridized carbons (Fsp3) is 0. The van der Waals surface area contributed by atoms with E-state index < -0.39 is 0 Å². The van der Waals surface area contributed by atoms with Gasteiger partial charge in [-0.1, -0.05) is 103 Å². The average molecular weight is 643 g/mol. The van der Waals surface area contributed by atoms with Gasteiger partial charge in [-0.15, -0.1) is 11.3 Å². The van der Waals surface area contributed by atoms with Gasteiger partial charge in [-0.2, -0.15) is 0 Å². The third kappa shape index (κ3) is 4.62. The first-order valence-electron chi connectivity index (χ1n) is 16.7. The largest absolute Gasteiger partial charge is 0.310 e. The lowest BCUT2D eigenvalue weighted by atomic mass is 10.0. The van der Waals surface area contributed by atoms with Crippen LogP contribution in [0.5, 0.6) is 0 Å². The average Bonchev–Trinajstić information content (AvgIpc) is 3.69. The van der Waals surface area contributed by atoms with Crippen molar-refractivity contribution < 1.29 is 0 Å². The first kappa shape index (κ1) is 27.9. The second-order valence-corrected chi connectivity index (χ2v) is 13.7. The van der Waals surface area contributed by atoms with Gasteiger partial charge in [-0.3, -0.25) is 0 Å². The van der Waals surface area contributed by atoms with E-state index in [0.29, 0.717) is 0 Å². The lowest BCUT2D eigenvalue weighted by Gasteiger charge is -2.26. The molecule has 0 amide bonds. The summed E-state index contributed by atoms with van der Waals surface area (Å²) >= 11 is 1.87. The van der Waals surface area contributed by atoms with Gasteiger partial charge in [-0.25, -0.2) is 0 Å². The van der Waals surface area contributed by atoms with Gasteiger partial charge in [-0.05, 0) is 101 Å². The Morgan fingerprint density at radius 2 is 0.980 bits per heavy atom. The van der Waals surface area contributed by atoms with E-state index in [0.717, 1.165) is 22.7 Å². The summed E-state index contributed by atoms with van der Waals surface area (Å²) in [5.41, 5.74) is 9.34. The summed E-state index contributed by atoms with van der Waals surface area (Å²) in [5, 5.41) is 7.73. The van der Waals surface area contributed by atoms with Gasteiger partial charge in [0, 0.05) is 53.7 Å². The van der Waals surface area contributed by atoms with E-state index >= 15 is 0 Å². The van der Waals surface area contributed by atoms with Gasteiger partial charge in [0.15, 0.2) is 0 Å². The van der Waals surface area contributed by atoms with Crippen LogP contribution >= 0.6 is 11.3 Å². The maximum Gasteiger partial charge on any atom is 0.0561 e. The van der Waals surface area contributed by atoms with Gasteiger partial charge >= 0.3 is 0 Å². The SMILES string of the molecule is c1ccc(N(c2ccc(-c3ccc4sc5cc6ccccc6cc5c4c3)cc2)c2ccc3c4ccccc4n(-c4ccccc4)c3c2)cc1. The topological polar surface area (TPSA) is 8.17 Å². The Hall–Kier alpha value is -6.16. The number of anilines is 3. The molecule has 3 heteroatoms. The van der Waals surface area contributed by atoms with Crippen molar-refractivity contribution in [2.24, 2.45) is 0 Å². The Bertz CT molecular complexity index is 2810. The maximum absolute atomic E-state index is 2.38. The first-order chi connectivity index (χ1) is 24.3. The van der Waals surface area contributed by atoms with Gasteiger partial charge in [0.25, 0.3) is 0 Å². The predicted octanol–water partition coefficient (Wildman–Crippen LogP) is 13.4. The molecule has 0 aliphatic heterocycles. The Kier molecular flexibility index (Phi) is 6.39. The molecule has 0 fully saturated rings. The standard InChI is InChI=1S/C46H30N2S/c1-3-13-35(14-4-1)47(38-24-25-40-39-17-9-10-18-43(39)48(44(40)30-38)36-15-5-2-6-16-36)37-22-19-31(20-23-37)34-21-26-45-41(28-34)42-27-32-11-7-8-12-33(32)29-46(42)49-45/h1-30H. The van der Waals surface area contributed by atoms with Crippen LogP contribution in [-0.4, -0.2) is 4.57 Å². The summed E-state index contributed by atoms with van der Waals surface area (Å²) in [4.78, 5) is 2.36. The van der Waals surface area contributed by atoms with Crippen molar-refractivity contribution >= 4 is 81.1 Å². The number of thiophene rings is 1. The highest BCUT2D eigenvalue weighted by molar-refractivity contribution is 7.25. The monoisotopic (exact) mass is 642 g/mol. The molecule has 2 heterocycles. The third-order valence-corrected chi connectivity index (χ3v) is 10.9. The molecule has 8 aromatic carbocycles. The number of fused-ring (bicyclic) bond motifs is 7. The van der Waals surface area contributed by atoms with Gasteiger partial charge in [0.05, 0.1) is 11.0 Å². The molecule has 2 aromatic heterocycles. The molecular weight excluding hydrogens is 613 g/mol. The van der Waals surface area contributed by atoms with Crippen LogP contribution in [0.2, 0.25) is 0 Å². The number of benzene rings is 8. The molecular formula is C46H30N2S. The molecule has 0 spiro atoms. The summed E-state index contributed by atoms with van der Waals surface area (Å²) in [6, 6.07) is 66.2. The number of nitrogens with zero attached hydrogens (tertiary/aromatic N) is 2. The Labute approximate surface area is 288 Å². The Morgan fingerprint density at radius 1 is 0.367 bits per heavy atom. The summed E-state index contributed by atoms with van der Waals surface area (Å²) in [6.07, 6.45) is 0. The molecule has 0 N–H and O–H groups in total. The summed E-state index contributed by atoms with van der Waals surface area (Å²) in [6.45, 7) is 0. The normalized spacial score (nSPS) is 11.7. The summed E-state index contributed by atoms with van der Waals surface area (Å²) in [7, 11) is 0. The van der Waals surface area contributed by atoms with Crippen LogP contribution in [0.25, 0.3) is 69.6 Å². The van der Waals surface area contributed by atoms with E-state index in [1.54, 1.807) is 0 Å². The molecule has 0 aliphatic carbocycles. The van der Waals surface area contributed by atoms with E-state index in [1.165, 1.54) is 63.9 Å². The smallest absolute Gasteiger partial charge is 0.0561 e. The van der Waals surface area contributed by atoms with E-state index in [9.17, 15) is 0 Å². The minimum atomic E-state index is 1.12. The quantitative estimate of drug-likeness (QED) is 0.181. The molecule has 0 radical (unpaired) electrons. The van der Waals surface area contributed by atoms with Crippen molar-refractivity contribution in [2.75, 3.05) is 4.90 Å². The Morgan fingerprint density at radius 3 is 1.80 bits per heavy atom. The van der Waals surface area contributed by atoms with Crippen LogP contribution in [0.4, 0.5) is 17.1 Å². The molecule has 0 aliphatic rings. The van der Waals surface area contributed by atoms with Crippen LogP contribution in [0.3, 0.4) is 0 Å². The van der Waals surface area contributed by atoms with Gasteiger partial charge < -0.3 is 9.47 Å². The molecule has 2 nitrogen and oxygen atoms in total. The molecule has 0 unspecified atom stereocenters. The highest BCUT2D eigenvalue weighted by atomic mass is 32.1. The fourth-order valence-electron chi connectivity index (χ4n) is 7.42. The summed E-state index contributed by atoms with van der Waals surface area (Å²) in [5.74, 6) is 0. The second kappa shape index (κ2) is 11.2. The molecule has 0 saturated carbocycles. The lowest BCUT2D eigenvalue weighted by molar-refractivity contribution is 1.18. The van der Waals surface area contributed by atoms with Gasteiger partial charge in [0.2, 0.25) is 0 Å². The predicted molar refractivity (Wildman–Crippen MR) is 211 cm³/mol. The number of para-hydroxylation sites is 3. The van der Waals surface area contributed by atoms with Crippen molar-refractivity contribution in [3.05, 3.63) is 182 Å². The Balaban J connectivity index is 1.09. The van der Waals surface area contributed by atoms with Crippen LogP contribution in [-0.2, 0) is 0 Å². The fourth-order valence-corrected chi connectivity index (χ4v) is 8.54. The van der Waals surface area contributed by atoms with E-state index in [-0.39, 0.29) is 0 Å². The van der Waals surface area contributed by atoms with Crippen molar-refractivity contribution in [1.82, 2.24) is 4.57 Å². The second-order valence-electron chi connectivity index (χ2n) is 12.6. The third-order valence-electron chi connectivity index (χ3n) is 9.74.